The topological polar surface area (TPSA) is 23.8 Å². The number of nitrogens with zero attached hydrogens (tertiary/aromatic N) is 1. The van der Waals surface area contributed by atoms with Crippen molar-refractivity contribution in [2.45, 2.75) is 13.8 Å². The highest BCUT2D eigenvalue weighted by Gasteiger charge is 2.04. The Bertz CT molecular complexity index is 289. The monoisotopic (exact) mass is 169 g/mol. The molecule has 0 spiro atoms. The molecule has 0 N–H and O–H groups in total. The van der Waals surface area contributed by atoms with Gasteiger partial charge < -0.3 is 0 Å². The number of nitriles is 1. The zero-order valence-electron chi connectivity index (χ0n) is 6.94. The van der Waals surface area contributed by atoms with E-state index in [9.17, 15) is 8.78 Å². The Morgan fingerprint density at radius 2 is 1.83 bits per heavy atom. The van der Waals surface area contributed by atoms with E-state index in [1.54, 1.807) is 0 Å². The lowest BCUT2D eigenvalue weighted by Crippen LogP contribution is -1.87. The lowest BCUT2D eigenvalue weighted by molar-refractivity contribution is 0.506. The van der Waals surface area contributed by atoms with Gasteiger partial charge in [-0.3, -0.25) is 0 Å². The summed E-state index contributed by atoms with van der Waals surface area (Å²) in [6.07, 6.45) is 0. The van der Waals surface area contributed by atoms with Gasteiger partial charge in [-0.1, -0.05) is 19.9 Å². The summed E-state index contributed by atoms with van der Waals surface area (Å²) in [5.74, 6) is -2.07. The fourth-order valence-corrected chi connectivity index (χ4v) is 0.590. The fourth-order valence-electron chi connectivity index (χ4n) is 0.590. The highest BCUT2D eigenvalue weighted by atomic mass is 19.2. The Morgan fingerprint density at radius 1 is 1.25 bits per heavy atom. The summed E-state index contributed by atoms with van der Waals surface area (Å²) in [7, 11) is 0. The SMILES string of the molecule is CC.N#Cc1cccc(F)c1F. The lowest BCUT2D eigenvalue weighted by Gasteiger charge is -1.91. The predicted octanol–water partition coefficient (Wildman–Crippen LogP) is 2.86. The molecule has 0 heterocycles. The Hall–Kier alpha value is -1.43. The maximum atomic E-state index is 12.4. The summed E-state index contributed by atoms with van der Waals surface area (Å²) >= 11 is 0. The third kappa shape index (κ3) is 2.31. The summed E-state index contributed by atoms with van der Waals surface area (Å²) in [6, 6.07) is 5.00. The molecule has 0 amide bonds. The van der Waals surface area contributed by atoms with Crippen molar-refractivity contribution in [2.24, 2.45) is 0 Å². The van der Waals surface area contributed by atoms with Crippen molar-refractivity contribution in [3.63, 3.8) is 0 Å². The Labute approximate surface area is 70.3 Å². The highest BCUT2D eigenvalue weighted by Crippen LogP contribution is 2.08. The first kappa shape index (κ1) is 10.6. The summed E-state index contributed by atoms with van der Waals surface area (Å²) in [4.78, 5) is 0. The van der Waals surface area contributed by atoms with Crippen LogP contribution in [0.4, 0.5) is 8.78 Å². The van der Waals surface area contributed by atoms with Crippen LogP contribution in [0.1, 0.15) is 19.4 Å². The maximum absolute atomic E-state index is 12.4. The van der Waals surface area contributed by atoms with Crippen LogP contribution in [-0.2, 0) is 0 Å². The van der Waals surface area contributed by atoms with Crippen LogP contribution in [0.5, 0.6) is 0 Å². The summed E-state index contributed by atoms with van der Waals surface area (Å²) in [5.41, 5.74) is -0.264. The molecule has 64 valence electrons. The molecule has 0 atom stereocenters. The standard InChI is InChI=1S/C7H3F2N.C2H6/c8-6-3-1-2-5(4-10)7(6)9;1-2/h1-3H;1-2H3. The van der Waals surface area contributed by atoms with E-state index in [2.05, 4.69) is 0 Å². The van der Waals surface area contributed by atoms with Crippen molar-refractivity contribution < 1.29 is 8.78 Å². The minimum Gasteiger partial charge on any atom is -0.204 e. The number of hydrogen-bond donors (Lipinski definition) is 0. The van der Waals surface area contributed by atoms with E-state index in [0.29, 0.717) is 0 Å². The van der Waals surface area contributed by atoms with Gasteiger partial charge in [0.2, 0.25) is 0 Å². The van der Waals surface area contributed by atoms with Gasteiger partial charge in [0.05, 0.1) is 5.56 Å². The van der Waals surface area contributed by atoms with Gasteiger partial charge in [0.15, 0.2) is 11.6 Å². The van der Waals surface area contributed by atoms with Gasteiger partial charge in [0.1, 0.15) is 6.07 Å². The Balaban J connectivity index is 0.000000561. The van der Waals surface area contributed by atoms with Crippen LogP contribution >= 0.6 is 0 Å². The van der Waals surface area contributed by atoms with Gasteiger partial charge in [-0.25, -0.2) is 8.78 Å². The van der Waals surface area contributed by atoms with Crippen molar-refractivity contribution >= 4 is 0 Å². The number of rotatable bonds is 0. The average Bonchev–Trinajstić information content (AvgIpc) is 2.13. The third-order valence-electron chi connectivity index (χ3n) is 1.07. The first-order valence-electron chi connectivity index (χ1n) is 3.60. The minimum absolute atomic E-state index is 0.264. The van der Waals surface area contributed by atoms with Crippen molar-refractivity contribution in [3.05, 3.63) is 35.4 Å². The molecule has 0 aliphatic heterocycles. The second-order valence-electron chi connectivity index (χ2n) is 1.71. The van der Waals surface area contributed by atoms with Gasteiger partial charge in [-0.05, 0) is 12.1 Å². The van der Waals surface area contributed by atoms with Crippen LogP contribution in [0.15, 0.2) is 18.2 Å². The van der Waals surface area contributed by atoms with Gasteiger partial charge in [0.25, 0.3) is 0 Å². The predicted molar refractivity (Wildman–Crippen MR) is 42.4 cm³/mol. The normalized spacial score (nSPS) is 7.92. The largest absolute Gasteiger partial charge is 0.204 e. The smallest absolute Gasteiger partial charge is 0.176 e. The highest BCUT2D eigenvalue weighted by molar-refractivity contribution is 5.30. The van der Waals surface area contributed by atoms with Crippen LogP contribution in [0.2, 0.25) is 0 Å². The van der Waals surface area contributed by atoms with Crippen molar-refractivity contribution in [1.29, 1.82) is 5.26 Å². The zero-order valence-corrected chi connectivity index (χ0v) is 6.94. The molecule has 0 saturated carbocycles. The second kappa shape index (κ2) is 5.25. The molecular weight excluding hydrogens is 160 g/mol. The van der Waals surface area contributed by atoms with Crippen LogP contribution in [-0.4, -0.2) is 0 Å². The first-order chi connectivity index (χ1) is 5.75. The van der Waals surface area contributed by atoms with E-state index < -0.39 is 11.6 Å². The molecule has 1 rings (SSSR count). The molecular formula is C9H9F2N. The summed E-state index contributed by atoms with van der Waals surface area (Å²) in [5, 5.41) is 8.19. The van der Waals surface area contributed by atoms with Gasteiger partial charge in [-0.15, -0.1) is 0 Å². The molecule has 0 aromatic heterocycles. The lowest BCUT2D eigenvalue weighted by atomic mass is 10.2. The molecule has 0 unspecified atom stereocenters. The quantitative estimate of drug-likeness (QED) is 0.585. The minimum atomic E-state index is -1.08. The molecule has 3 heteroatoms. The van der Waals surface area contributed by atoms with Gasteiger partial charge >= 0.3 is 0 Å². The van der Waals surface area contributed by atoms with Crippen molar-refractivity contribution in [2.75, 3.05) is 0 Å². The molecule has 0 saturated heterocycles. The molecule has 0 aliphatic rings. The van der Waals surface area contributed by atoms with Crippen molar-refractivity contribution in [1.82, 2.24) is 0 Å². The molecule has 1 nitrogen and oxygen atoms in total. The number of hydrogen-bond acceptors (Lipinski definition) is 1. The van der Waals surface area contributed by atoms with Gasteiger partial charge in [-0.2, -0.15) is 5.26 Å². The average molecular weight is 169 g/mol. The van der Waals surface area contributed by atoms with E-state index in [-0.39, 0.29) is 5.56 Å². The fraction of sp³-hybridized carbons (Fsp3) is 0.222. The molecule has 0 aliphatic carbocycles. The van der Waals surface area contributed by atoms with Crippen molar-refractivity contribution in [3.8, 4) is 6.07 Å². The molecule has 0 radical (unpaired) electrons. The van der Waals surface area contributed by atoms with Crippen LogP contribution in [0.3, 0.4) is 0 Å². The van der Waals surface area contributed by atoms with E-state index in [1.165, 1.54) is 18.2 Å². The Kier molecular flexibility index (Phi) is 4.62. The van der Waals surface area contributed by atoms with E-state index >= 15 is 0 Å². The van der Waals surface area contributed by atoms with E-state index in [4.69, 9.17) is 5.26 Å². The van der Waals surface area contributed by atoms with Crippen LogP contribution < -0.4 is 0 Å². The third-order valence-corrected chi connectivity index (χ3v) is 1.07. The summed E-state index contributed by atoms with van der Waals surface area (Å²) < 4.78 is 24.6. The zero-order chi connectivity index (χ0) is 9.56. The summed E-state index contributed by atoms with van der Waals surface area (Å²) in [6.45, 7) is 4.00. The first-order valence-corrected chi connectivity index (χ1v) is 3.60. The maximum Gasteiger partial charge on any atom is 0.176 e. The van der Waals surface area contributed by atoms with E-state index in [0.717, 1.165) is 6.07 Å². The van der Waals surface area contributed by atoms with Crippen LogP contribution in [0.25, 0.3) is 0 Å². The molecule has 1 aromatic rings. The molecule has 0 bridgehead atoms. The Morgan fingerprint density at radius 3 is 2.25 bits per heavy atom. The van der Waals surface area contributed by atoms with Gasteiger partial charge in [0, 0.05) is 0 Å². The van der Waals surface area contributed by atoms with E-state index in [1.807, 2.05) is 13.8 Å². The second-order valence-corrected chi connectivity index (χ2v) is 1.71. The molecule has 1 aromatic carbocycles. The molecule has 12 heavy (non-hydrogen) atoms. The number of halogens is 2. The molecule has 0 fully saturated rings. The number of benzene rings is 1. The van der Waals surface area contributed by atoms with Crippen LogP contribution in [0, 0.1) is 23.0 Å².